The molecule has 1 amide bonds. The minimum absolute atomic E-state index is 0.175. The zero-order valence-corrected chi connectivity index (χ0v) is 13.7. The molecule has 2 aromatic rings. The maximum Gasteiger partial charge on any atom is 0.254 e. The van der Waals surface area contributed by atoms with E-state index in [0.29, 0.717) is 18.1 Å². The molecule has 6 heteroatoms. The second-order valence-electron chi connectivity index (χ2n) is 5.30. The molecule has 0 saturated heterocycles. The summed E-state index contributed by atoms with van der Waals surface area (Å²) in [5.41, 5.74) is 1.47. The molecule has 0 unspecified atom stereocenters. The van der Waals surface area contributed by atoms with Gasteiger partial charge in [0.1, 0.15) is 0 Å². The smallest absolute Gasteiger partial charge is 0.254 e. The summed E-state index contributed by atoms with van der Waals surface area (Å²) in [6.07, 6.45) is 8.66. The summed E-state index contributed by atoms with van der Waals surface area (Å²) in [4.78, 5) is 26.9. The number of pyridine rings is 1. The number of hydrogen-bond acceptors (Lipinski definition) is 5. The fourth-order valence-electron chi connectivity index (χ4n) is 2.24. The van der Waals surface area contributed by atoms with E-state index in [9.17, 15) is 4.79 Å². The molecule has 2 rings (SSSR count). The molecule has 0 bridgehead atoms. The van der Waals surface area contributed by atoms with E-state index < -0.39 is 0 Å². The Morgan fingerprint density at radius 2 is 1.70 bits per heavy atom. The van der Waals surface area contributed by atoms with Crippen LogP contribution in [0, 0.1) is 0 Å². The van der Waals surface area contributed by atoms with Crippen molar-refractivity contribution < 1.29 is 4.79 Å². The summed E-state index contributed by atoms with van der Waals surface area (Å²) < 4.78 is 0. The summed E-state index contributed by atoms with van der Waals surface area (Å²) in [5.74, 6) is 0.505. The molecule has 122 valence electrons. The molecular weight excluding hydrogens is 290 g/mol. The van der Waals surface area contributed by atoms with Gasteiger partial charge in [-0.05, 0) is 30.5 Å². The predicted molar refractivity (Wildman–Crippen MR) is 90.2 cm³/mol. The van der Waals surface area contributed by atoms with Crippen LogP contribution in [0.5, 0.6) is 0 Å². The minimum Gasteiger partial charge on any atom is -0.348 e. The van der Waals surface area contributed by atoms with Crippen LogP contribution in [-0.2, 0) is 6.54 Å². The Morgan fingerprint density at radius 3 is 2.26 bits per heavy atom. The first-order chi connectivity index (χ1) is 11.2. The Morgan fingerprint density at radius 1 is 1.09 bits per heavy atom. The third kappa shape index (κ3) is 5.02. The molecule has 0 aliphatic carbocycles. The highest BCUT2D eigenvalue weighted by Gasteiger charge is 2.10. The second-order valence-corrected chi connectivity index (χ2v) is 5.30. The van der Waals surface area contributed by atoms with E-state index in [2.05, 4.69) is 39.0 Å². The fraction of sp³-hybridized carbons (Fsp3) is 0.412. The van der Waals surface area contributed by atoms with E-state index in [1.54, 1.807) is 24.8 Å². The van der Waals surface area contributed by atoms with Crippen molar-refractivity contribution in [3.63, 3.8) is 0 Å². The molecule has 6 nitrogen and oxygen atoms in total. The lowest BCUT2D eigenvalue weighted by molar-refractivity contribution is 0.0950. The van der Waals surface area contributed by atoms with Crippen molar-refractivity contribution in [1.29, 1.82) is 0 Å². The van der Waals surface area contributed by atoms with Gasteiger partial charge in [0.25, 0.3) is 5.91 Å². The SMILES string of the molecule is CCCN(CCC)c1ncc(C(=O)NCc2ccncc2)cn1. The summed E-state index contributed by atoms with van der Waals surface area (Å²) in [6.45, 7) is 6.55. The molecule has 0 radical (unpaired) electrons. The molecular formula is C17H23N5O. The Balaban J connectivity index is 1.96. The predicted octanol–water partition coefficient (Wildman–Crippen LogP) is 2.43. The van der Waals surface area contributed by atoms with Crippen molar-refractivity contribution in [2.45, 2.75) is 33.2 Å². The van der Waals surface area contributed by atoms with Gasteiger partial charge in [0.05, 0.1) is 5.56 Å². The summed E-state index contributed by atoms with van der Waals surface area (Å²) in [5, 5.41) is 2.85. The lowest BCUT2D eigenvalue weighted by Gasteiger charge is -2.21. The number of carbonyl (C=O) groups excluding carboxylic acids is 1. The maximum atomic E-state index is 12.1. The van der Waals surface area contributed by atoms with Crippen LogP contribution in [-0.4, -0.2) is 33.9 Å². The van der Waals surface area contributed by atoms with Crippen molar-refractivity contribution in [3.8, 4) is 0 Å². The normalized spacial score (nSPS) is 10.3. The second kappa shape index (κ2) is 8.82. The van der Waals surface area contributed by atoms with Crippen molar-refractivity contribution >= 4 is 11.9 Å². The Labute approximate surface area is 137 Å². The number of hydrogen-bond donors (Lipinski definition) is 1. The maximum absolute atomic E-state index is 12.1. The van der Waals surface area contributed by atoms with E-state index >= 15 is 0 Å². The average Bonchev–Trinajstić information content (AvgIpc) is 2.60. The van der Waals surface area contributed by atoms with Crippen molar-refractivity contribution in [3.05, 3.63) is 48.0 Å². The molecule has 0 fully saturated rings. The monoisotopic (exact) mass is 313 g/mol. The minimum atomic E-state index is -0.175. The van der Waals surface area contributed by atoms with Crippen LogP contribution in [0.2, 0.25) is 0 Å². The first kappa shape index (κ1) is 16.9. The van der Waals surface area contributed by atoms with Crippen LogP contribution in [0.25, 0.3) is 0 Å². The van der Waals surface area contributed by atoms with E-state index in [-0.39, 0.29) is 5.91 Å². The summed E-state index contributed by atoms with van der Waals surface area (Å²) >= 11 is 0. The third-order valence-corrected chi connectivity index (χ3v) is 3.37. The molecule has 1 N–H and O–H groups in total. The van der Waals surface area contributed by atoms with E-state index in [1.807, 2.05) is 12.1 Å². The molecule has 2 heterocycles. The first-order valence-corrected chi connectivity index (χ1v) is 7.98. The number of anilines is 1. The van der Waals surface area contributed by atoms with Gasteiger partial charge in [-0.25, -0.2) is 9.97 Å². The van der Waals surface area contributed by atoms with E-state index in [4.69, 9.17) is 0 Å². The number of rotatable bonds is 8. The largest absolute Gasteiger partial charge is 0.348 e. The van der Waals surface area contributed by atoms with Crippen LogP contribution in [0.4, 0.5) is 5.95 Å². The highest BCUT2D eigenvalue weighted by molar-refractivity contribution is 5.93. The average molecular weight is 313 g/mol. The van der Waals surface area contributed by atoms with Crippen molar-refractivity contribution in [1.82, 2.24) is 20.3 Å². The molecule has 0 spiro atoms. The fourth-order valence-corrected chi connectivity index (χ4v) is 2.24. The molecule has 0 atom stereocenters. The standard InChI is InChI=1S/C17H23N5O/c1-3-9-22(10-4-2)17-20-12-15(13-21-17)16(23)19-11-14-5-7-18-8-6-14/h5-8,12-13H,3-4,9-11H2,1-2H3,(H,19,23). The quantitative estimate of drug-likeness (QED) is 0.810. The Kier molecular flexibility index (Phi) is 6.47. The van der Waals surface area contributed by atoms with Gasteiger partial charge in [-0.15, -0.1) is 0 Å². The number of amides is 1. The van der Waals surface area contributed by atoms with Crippen LogP contribution >= 0.6 is 0 Å². The number of nitrogens with zero attached hydrogens (tertiary/aromatic N) is 4. The van der Waals surface area contributed by atoms with E-state index in [1.165, 1.54) is 0 Å². The third-order valence-electron chi connectivity index (χ3n) is 3.37. The first-order valence-electron chi connectivity index (χ1n) is 7.98. The van der Waals surface area contributed by atoms with Gasteiger partial charge in [-0.1, -0.05) is 13.8 Å². The lowest BCUT2D eigenvalue weighted by atomic mass is 10.2. The van der Waals surface area contributed by atoms with Crippen molar-refractivity contribution in [2.24, 2.45) is 0 Å². The van der Waals surface area contributed by atoms with Gasteiger partial charge in [0.15, 0.2) is 0 Å². The Bertz CT molecular complexity index is 594. The molecule has 0 saturated carbocycles. The number of carbonyl (C=O) groups is 1. The summed E-state index contributed by atoms with van der Waals surface area (Å²) in [7, 11) is 0. The van der Waals surface area contributed by atoms with E-state index in [0.717, 1.165) is 31.5 Å². The van der Waals surface area contributed by atoms with Crippen LogP contribution < -0.4 is 10.2 Å². The van der Waals surface area contributed by atoms with Gasteiger partial charge in [-0.3, -0.25) is 9.78 Å². The molecule has 0 aliphatic rings. The highest BCUT2D eigenvalue weighted by atomic mass is 16.1. The molecule has 0 aliphatic heterocycles. The lowest BCUT2D eigenvalue weighted by Crippen LogP contribution is -2.28. The number of aromatic nitrogens is 3. The van der Waals surface area contributed by atoms with Crippen LogP contribution in [0.3, 0.4) is 0 Å². The zero-order valence-electron chi connectivity index (χ0n) is 13.7. The molecule has 0 aromatic carbocycles. The number of nitrogens with one attached hydrogen (secondary N) is 1. The topological polar surface area (TPSA) is 71.0 Å². The van der Waals surface area contributed by atoms with Crippen LogP contribution in [0.1, 0.15) is 42.6 Å². The molecule has 23 heavy (non-hydrogen) atoms. The summed E-state index contributed by atoms with van der Waals surface area (Å²) in [6, 6.07) is 3.74. The van der Waals surface area contributed by atoms with Gasteiger partial charge in [0.2, 0.25) is 5.95 Å². The van der Waals surface area contributed by atoms with Gasteiger partial charge in [0, 0.05) is 44.4 Å². The van der Waals surface area contributed by atoms with Gasteiger partial charge >= 0.3 is 0 Å². The van der Waals surface area contributed by atoms with Gasteiger partial charge < -0.3 is 10.2 Å². The molecule has 2 aromatic heterocycles. The van der Waals surface area contributed by atoms with Crippen molar-refractivity contribution in [2.75, 3.05) is 18.0 Å². The van der Waals surface area contributed by atoms with Gasteiger partial charge in [-0.2, -0.15) is 0 Å². The highest BCUT2D eigenvalue weighted by Crippen LogP contribution is 2.09. The van der Waals surface area contributed by atoms with Crippen LogP contribution in [0.15, 0.2) is 36.9 Å². The Hall–Kier alpha value is -2.50. The zero-order chi connectivity index (χ0) is 16.5.